The van der Waals surface area contributed by atoms with Gasteiger partial charge in [0.25, 0.3) is 0 Å². The Morgan fingerprint density at radius 3 is 2.55 bits per heavy atom. The molecular formula is C16H22N2O3S. The van der Waals surface area contributed by atoms with Crippen LogP contribution < -0.4 is 14.8 Å². The smallest absolute Gasteiger partial charge is 0.183 e. The molecule has 1 heterocycles. The molecule has 0 unspecified atom stereocenters. The van der Waals surface area contributed by atoms with Crippen LogP contribution in [0.15, 0.2) is 24.4 Å². The maximum Gasteiger partial charge on any atom is 0.183 e. The fourth-order valence-electron chi connectivity index (χ4n) is 1.69. The second-order valence-corrected chi connectivity index (χ2v) is 5.15. The zero-order valence-corrected chi connectivity index (χ0v) is 14.4. The Bertz CT molecular complexity index is 611. The van der Waals surface area contributed by atoms with E-state index >= 15 is 0 Å². The van der Waals surface area contributed by atoms with Crippen molar-refractivity contribution in [1.82, 2.24) is 4.98 Å². The number of thiazole rings is 1. The second kappa shape index (κ2) is 9.04. The number of Topliss-reactive ketones (excluding diaryl/α,β-unsaturated/α-hetero) is 1. The Balaban J connectivity index is 0.00000116. The number of hydrogen-bond donors (Lipinski definition) is 1. The lowest BCUT2D eigenvalue weighted by atomic mass is 10.2. The molecule has 0 saturated carbocycles. The number of hydrogen-bond acceptors (Lipinski definition) is 6. The van der Waals surface area contributed by atoms with E-state index in [9.17, 15) is 4.79 Å². The Morgan fingerprint density at radius 2 is 2.00 bits per heavy atom. The number of methoxy groups -OCH3 is 2. The molecule has 0 saturated heterocycles. The Hall–Kier alpha value is -2.08. The lowest BCUT2D eigenvalue weighted by Crippen LogP contribution is -2.01. The zero-order valence-electron chi connectivity index (χ0n) is 13.6. The van der Waals surface area contributed by atoms with Crippen LogP contribution in [0.3, 0.4) is 0 Å². The number of aromatic nitrogens is 1. The van der Waals surface area contributed by atoms with Crippen LogP contribution in [-0.2, 0) is 6.54 Å². The Labute approximate surface area is 135 Å². The molecule has 0 amide bonds. The molecule has 2 aromatic rings. The average molecular weight is 322 g/mol. The number of carbonyl (C=O) groups excluding carboxylic acids is 1. The molecule has 120 valence electrons. The van der Waals surface area contributed by atoms with Crippen LogP contribution in [0.25, 0.3) is 0 Å². The van der Waals surface area contributed by atoms with Gasteiger partial charge in [0.1, 0.15) is 11.5 Å². The maximum absolute atomic E-state index is 11.2. The third-order valence-corrected chi connectivity index (χ3v) is 3.83. The minimum atomic E-state index is 0.0255. The summed E-state index contributed by atoms with van der Waals surface area (Å²) in [4.78, 5) is 16.0. The molecule has 5 nitrogen and oxygen atoms in total. The van der Waals surface area contributed by atoms with Crippen molar-refractivity contribution < 1.29 is 14.3 Å². The van der Waals surface area contributed by atoms with Crippen molar-refractivity contribution in [2.75, 3.05) is 19.5 Å². The van der Waals surface area contributed by atoms with Crippen LogP contribution in [0.5, 0.6) is 11.5 Å². The number of rotatable bonds is 6. The fourth-order valence-corrected chi connectivity index (χ4v) is 2.39. The van der Waals surface area contributed by atoms with E-state index in [1.165, 1.54) is 18.3 Å². The largest absolute Gasteiger partial charge is 0.497 e. The quantitative estimate of drug-likeness (QED) is 0.815. The van der Waals surface area contributed by atoms with Crippen LogP contribution in [-0.4, -0.2) is 25.0 Å². The summed E-state index contributed by atoms with van der Waals surface area (Å²) >= 11 is 1.34. The van der Waals surface area contributed by atoms with Crippen molar-refractivity contribution in [3.63, 3.8) is 0 Å². The summed E-state index contributed by atoms with van der Waals surface area (Å²) in [5.74, 6) is 1.52. The third kappa shape index (κ3) is 4.73. The first-order valence-electron chi connectivity index (χ1n) is 7.05. The van der Waals surface area contributed by atoms with E-state index in [0.29, 0.717) is 16.6 Å². The molecule has 0 radical (unpaired) electrons. The van der Waals surface area contributed by atoms with E-state index in [-0.39, 0.29) is 5.78 Å². The lowest BCUT2D eigenvalue weighted by molar-refractivity contribution is 0.102. The van der Waals surface area contributed by atoms with Crippen LogP contribution in [0, 0.1) is 0 Å². The van der Waals surface area contributed by atoms with E-state index in [2.05, 4.69) is 10.3 Å². The molecule has 0 bridgehead atoms. The first kappa shape index (κ1) is 18.0. The molecule has 1 N–H and O–H groups in total. The standard InChI is InChI=1S/C14H16N2O3S.C2H6/c1-9(17)13-8-16-14(20-13)15-7-10-4-5-11(18-2)6-12(10)19-3;1-2/h4-6,8H,7H2,1-3H3,(H,15,16);1-2H3. The maximum atomic E-state index is 11.2. The summed E-state index contributed by atoms with van der Waals surface area (Å²) in [5.41, 5.74) is 0.993. The highest BCUT2D eigenvalue weighted by Crippen LogP contribution is 2.26. The number of nitrogens with zero attached hydrogens (tertiary/aromatic N) is 1. The van der Waals surface area contributed by atoms with Crippen molar-refractivity contribution in [3.8, 4) is 11.5 Å². The highest BCUT2D eigenvalue weighted by molar-refractivity contribution is 7.17. The number of ketones is 1. The molecule has 0 aliphatic rings. The van der Waals surface area contributed by atoms with Crippen molar-refractivity contribution in [2.24, 2.45) is 0 Å². The van der Waals surface area contributed by atoms with Gasteiger partial charge >= 0.3 is 0 Å². The zero-order chi connectivity index (χ0) is 16.5. The molecule has 1 aromatic carbocycles. The number of anilines is 1. The van der Waals surface area contributed by atoms with E-state index in [0.717, 1.165) is 17.1 Å². The van der Waals surface area contributed by atoms with Crippen LogP contribution >= 0.6 is 11.3 Å². The summed E-state index contributed by atoms with van der Waals surface area (Å²) in [5, 5.41) is 3.90. The topological polar surface area (TPSA) is 60.5 Å². The van der Waals surface area contributed by atoms with Gasteiger partial charge in [-0.25, -0.2) is 4.98 Å². The SMILES string of the molecule is CC.COc1ccc(CNc2ncc(C(C)=O)s2)c(OC)c1. The minimum Gasteiger partial charge on any atom is -0.497 e. The van der Waals surface area contributed by atoms with Crippen LogP contribution in [0.1, 0.15) is 36.0 Å². The Kier molecular flexibility index (Phi) is 7.39. The average Bonchev–Trinajstić information content (AvgIpc) is 3.04. The predicted molar refractivity (Wildman–Crippen MR) is 90.3 cm³/mol. The summed E-state index contributed by atoms with van der Waals surface area (Å²) in [6.07, 6.45) is 1.58. The normalized spacial score (nSPS) is 9.50. The molecule has 0 aliphatic carbocycles. The predicted octanol–water partition coefficient (Wildman–Crippen LogP) is 4.00. The fraction of sp³-hybridized carbons (Fsp3) is 0.375. The van der Waals surface area contributed by atoms with Gasteiger partial charge < -0.3 is 14.8 Å². The van der Waals surface area contributed by atoms with Gasteiger partial charge in [0.2, 0.25) is 0 Å². The highest BCUT2D eigenvalue weighted by Gasteiger charge is 2.08. The molecule has 0 spiro atoms. The molecule has 0 fully saturated rings. The molecular weight excluding hydrogens is 300 g/mol. The number of carbonyl (C=O) groups is 1. The Morgan fingerprint density at radius 1 is 1.27 bits per heavy atom. The second-order valence-electron chi connectivity index (χ2n) is 4.12. The first-order chi connectivity index (χ1) is 10.6. The van der Waals surface area contributed by atoms with Gasteiger partial charge in [0, 0.05) is 25.1 Å². The van der Waals surface area contributed by atoms with Crippen molar-refractivity contribution in [2.45, 2.75) is 27.3 Å². The monoisotopic (exact) mass is 322 g/mol. The minimum absolute atomic E-state index is 0.0255. The molecule has 2 rings (SSSR count). The van der Waals surface area contributed by atoms with Crippen LogP contribution in [0.2, 0.25) is 0 Å². The highest BCUT2D eigenvalue weighted by atomic mass is 32.1. The van der Waals surface area contributed by atoms with Crippen molar-refractivity contribution in [3.05, 3.63) is 34.8 Å². The molecule has 22 heavy (non-hydrogen) atoms. The van der Waals surface area contributed by atoms with Gasteiger partial charge in [-0.3, -0.25) is 4.79 Å². The van der Waals surface area contributed by atoms with Gasteiger partial charge in [-0.15, -0.1) is 0 Å². The van der Waals surface area contributed by atoms with E-state index in [1.54, 1.807) is 20.4 Å². The van der Waals surface area contributed by atoms with Gasteiger partial charge in [-0.2, -0.15) is 0 Å². The molecule has 0 aliphatic heterocycles. The summed E-state index contributed by atoms with van der Waals surface area (Å²) in [7, 11) is 3.24. The lowest BCUT2D eigenvalue weighted by Gasteiger charge is -2.10. The molecule has 1 aromatic heterocycles. The van der Waals surface area contributed by atoms with E-state index in [1.807, 2.05) is 32.0 Å². The number of ether oxygens (including phenoxy) is 2. The van der Waals surface area contributed by atoms with E-state index < -0.39 is 0 Å². The molecule has 0 atom stereocenters. The van der Waals surface area contributed by atoms with Crippen molar-refractivity contribution >= 4 is 22.3 Å². The third-order valence-electron chi connectivity index (χ3n) is 2.78. The van der Waals surface area contributed by atoms with Gasteiger partial charge in [-0.05, 0) is 12.1 Å². The van der Waals surface area contributed by atoms with Gasteiger partial charge in [0.15, 0.2) is 10.9 Å². The summed E-state index contributed by atoms with van der Waals surface area (Å²) < 4.78 is 10.5. The van der Waals surface area contributed by atoms with Crippen LogP contribution in [0.4, 0.5) is 5.13 Å². The van der Waals surface area contributed by atoms with E-state index in [4.69, 9.17) is 9.47 Å². The number of nitrogens with one attached hydrogen (secondary N) is 1. The molecule has 6 heteroatoms. The van der Waals surface area contributed by atoms with Crippen molar-refractivity contribution in [1.29, 1.82) is 0 Å². The van der Waals surface area contributed by atoms with Gasteiger partial charge in [0.05, 0.1) is 25.3 Å². The summed E-state index contributed by atoms with van der Waals surface area (Å²) in [6, 6.07) is 5.65. The summed E-state index contributed by atoms with van der Waals surface area (Å²) in [6.45, 7) is 6.10. The van der Waals surface area contributed by atoms with Gasteiger partial charge in [-0.1, -0.05) is 25.2 Å². The number of benzene rings is 1. The first-order valence-corrected chi connectivity index (χ1v) is 7.87.